The van der Waals surface area contributed by atoms with Gasteiger partial charge in [-0.05, 0) is 57.2 Å². The quantitative estimate of drug-likeness (QED) is 0.639. The van der Waals surface area contributed by atoms with E-state index in [0.717, 1.165) is 25.7 Å². The van der Waals surface area contributed by atoms with Gasteiger partial charge in [0, 0.05) is 31.9 Å². The number of ether oxygens (including phenoxy) is 3. The van der Waals surface area contributed by atoms with Crippen molar-refractivity contribution in [2.75, 3.05) is 26.4 Å². The van der Waals surface area contributed by atoms with Crippen LogP contribution in [0.1, 0.15) is 49.4 Å². The van der Waals surface area contributed by atoms with Gasteiger partial charge in [0.05, 0.1) is 23.1 Å². The van der Waals surface area contributed by atoms with Crippen LogP contribution in [0.15, 0.2) is 29.2 Å². The van der Waals surface area contributed by atoms with E-state index in [2.05, 4.69) is 10.0 Å². The number of benzene rings is 1. The van der Waals surface area contributed by atoms with Crippen LogP contribution in [0.25, 0.3) is 0 Å². The summed E-state index contributed by atoms with van der Waals surface area (Å²) in [5.74, 6) is -0.305. The van der Waals surface area contributed by atoms with Gasteiger partial charge in [-0.1, -0.05) is 6.07 Å². The zero-order valence-electron chi connectivity index (χ0n) is 17.3. The van der Waals surface area contributed by atoms with Crippen LogP contribution in [0, 0.1) is 0 Å². The fourth-order valence-electron chi connectivity index (χ4n) is 4.62. The van der Waals surface area contributed by atoms with Crippen LogP contribution < -0.4 is 10.0 Å². The molecule has 2 aliphatic heterocycles. The standard InChI is InChI=1S/C21H30N2O6S/c1-2-27-19-13-18(21(19)9-5-11-29-21)23-20(24)15-6-3-8-17(12-15)30(25,26)22-14-16-7-4-10-28-16/h3,6,8,12,16,18-19,22H,2,4-5,7,9-11,13-14H2,1H3,(H,23,24). The van der Waals surface area contributed by atoms with Gasteiger partial charge in [-0.25, -0.2) is 13.1 Å². The van der Waals surface area contributed by atoms with Crippen molar-refractivity contribution in [3.8, 4) is 0 Å². The number of hydrogen-bond acceptors (Lipinski definition) is 6. The first kappa shape index (κ1) is 21.7. The largest absolute Gasteiger partial charge is 0.377 e. The molecule has 2 heterocycles. The van der Waals surface area contributed by atoms with Gasteiger partial charge in [0.2, 0.25) is 10.0 Å². The van der Waals surface area contributed by atoms with Gasteiger partial charge in [0.1, 0.15) is 5.60 Å². The van der Waals surface area contributed by atoms with E-state index in [4.69, 9.17) is 14.2 Å². The Morgan fingerprint density at radius 1 is 1.30 bits per heavy atom. The van der Waals surface area contributed by atoms with Gasteiger partial charge in [-0.2, -0.15) is 0 Å². The zero-order valence-corrected chi connectivity index (χ0v) is 18.1. The third-order valence-corrected chi connectivity index (χ3v) is 7.69. The van der Waals surface area contributed by atoms with E-state index in [1.165, 1.54) is 12.1 Å². The number of rotatable bonds is 8. The first-order valence-electron chi connectivity index (χ1n) is 10.7. The molecule has 3 fully saturated rings. The topological polar surface area (TPSA) is 103 Å². The van der Waals surface area contributed by atoms with Gasteiger partial charge in [0.15, 0.2) is 0 Å². The minimum Gasteiger partial charge on any atom is -0.377 e. The molecule has 30 heavy (non-hydrogen) atoms. The Morgan fingerprint density at radius 3 is 2.87 bits per heavy atom. The Hall–Kier alpha value is -1.52. The molecule has 9 heteroatoms. The highest BCUT2D eigenvalue weighted by Gasteiger charge is 2.59. The van der Waals surface area contributed by atoms with Gasteiger partial charge < -0.3 is 19.5 Å². The second-order valence-electron chi connectivity index (χ2n) is 8.13. The number of sulfonamides is 1. The smallest absolute Gasteiger partial charge is 0.251 e. The molecule has 0 aromatic heterocycles. The molecular weight excluding hydrogens is 408 g/mol. The molecule has 1 spiro atoms. The van der Waals surface area contributed by atoms with E-state index in [1.807, 2.05) is 6.92 Å². The zero-order chi connectivity index (χ0) is 21.2. The number of hydrogen-bond donors (Lipinski definition) is 2. The van der Waals surface area contributed by atoms with Gasteiger partial charge in [-0.3, -0.25) is 4.79 Å². The Labute approximate surface area is 177 Å². The maximum absolute atomic E-state index is 12.9. The van der Waals surface area contributed by atoms with Crippen molar-refractivity contribution >= 4 is 15.9 Å². The summed E-state index contributed by atoms with van der Waals surface area (Å²) >= 11 is 0. The highest BCUT2D eigenvalue weighted by Crippen LogP contribution is 2.45. The number of nitrogens with one attached hydrogen (secondary N) is 2. The number of amides is 1. The van der Waals surface area contributed by atoms with Crippen LogP contribution in [0.3, 0.4) is 0 Å². The summed E-state index contributed by atoms with van der Waals surface area (Å²) in [4.78, 5) is 12.9. The molecule has 0 bridgehead atoms. The third-order valence-electron chi connectivity index (χ3n) is 6.27. The summed E-state index contributed by atoms with van der Waals surface area (Å²) in [5.41, 5.74) is -0.152. The van der Waals surface area contributed by atoms with Crippen molar-refractivity contribution in [2.45, 2.75) is 67.8 Å². The molecule has 2 N–H and O–H groups in total. The van der Waals surface area contributed by atoms with Crippen LogP contribution in [-0.4, -0.2) is 64.5 Å². The minimum atomic E-state index is -3.72. The summed E-state index contributed by atoms with van der Waals surface area (Å²) in [7, 11) is -3.72. The van der Waals surface area contributed by atoms with Crippen LogP contribution in [0.4, 0.5) is 0 Å². The van der Waals surface area contributed by atoms with Crippen molar-refractivity contribution in [2.24, 2.45) is 0 Å². The second-order valence-corrected chi connectivity index (χ2v) is 9.89. The van der Waals surface area contributed by atoms with Crippen LogP contribution in [0.5, 0.6) is 0 Å². The maximum Gasteiger partial charge on any atom is 0.251 e. The first-order valence-corrected chi connectivity index (χ1v) is 12.2. The van der Waals surface area contributed by atoms with Crippen LogP contribution >= 0.6 is 0 Å². The van der Waals surface area contributed by atoms with E-state index in [9.17, 15) is 13.2 Å². The number of carbonyl (C=O) groups excluding carboxylic acids is 1. The highest BCUT2D eigenvalue weighted by atomic mass is 32.2. The molecule has 3 aliphatic rings. The maximum atomic E-state index is 12.9. The lowest BCUT2D eigenvalue weighted by atomic mass is 9.70. The van der Waals surface area contributed by atoms with Crippen molar-refractivity contribution in [3.05, 3.63) is 29.8 Å². The predicted octanol–water partition coefficient (Wildman–Crippen LogP) is 1.60. The molecule has 1 amide bonds. The van der Waals surface area contributed by atoms with E-state index < -0.39 is 15.6 Å². The van der Waals surface area contributed by atoms with Crippen LogP contribution in [0.2, 0.25) is 0 Å². The molecule has 4 rings (SSSR count). The van der Waals surface area contributed by atoms with Gasteiger partial charge in [-0.15, -0.1) is 0 Å². The van der Waals surface area contributed by atoms with Crippen molar-refractivity contribution in [1.82, 2.24) is 10.0 Å². The lowest BCUT2D eigenvalue weighted by Gasteiger charge is -2.52. The molecule has 1 saturated carbocycles. The van der Waals surface area contributed by atoms with E-state index in [-0.39, 0.29) is 35.6 Å². The van der Waals surface area contributed by atoms with E-state index >= 15 is 0 Å². The monoisotopic (exact) mass is 438 g/mol. The molecule has 4 atom stereocenters. The molecule has 4 unspecified atom stereocenters. The minimum absolute atomic E-state index is 0.0102. The Bertz CT molecular complexity index is 862. The lowest BCUT2D eigenvalue weighted by molar-refractivity contribution is -0.194. The predicted molar refractivity (Wildman–Crippen MR) is 110 cm³/mol. The molecule has 1 aromatic rings. The summed E-state index contributed by atoms with van der Waals surface area (Å²) < 4.78 is 45.1. The molecule has 0 radical (unpaired) electrons. The summed E-state index contributed by atoms with van der Waals surface area (Å²) in [5, 5.41) is 3.03. The fraction of sp³-hybridized carbons (Fsp3) is 0.667. The fourth-order valence-corrected chi connectivity index (χ4v) is 5.73. The summed E-state index contributed by atoms with van der Waals surface area (Å²) in [6.45, 7) is 4.13. The lowest BCUT2D eigenvalue weighted by Crippen LogP contribution is -2.69. The molecule has 2 saturated heterocycles. The second kappa shape index (κ2) is 8.92. The van der Waals surface area contributed by atoms with Crippen molar-refractivity contribution in [1.29, 1.82) is 0 Å². The van der Waals surface area contributed by atoms with Crippen molar-refractivity contribution < 1.29 is 27.4 Å². The molecule has 1 aliphatic carbocycles. The highest BCUT2D eigenvalue weighted by molar-refractivity contribution is 7.89. The van der Waals surface area contributed by atoms with Crippen molar-refractivity contribution in [3.63, 3.8) is 0 Å². The first-order chi connectivity index (χ1) is 14.4. The SMILES string of the molecule is CCOC1CC(NC(=O)c2cccc(S(=O)(=O)NCC3CCCO3)c2)C12CCCO2. The van der Waals surface area contributed by atoms with Gasteiger partial charge >= 0.3 is 0 Å². The Balaban J connectivity index is 1.41. The Morgan fingerprint density at radius 2 is 2.17 bits per heavy atom. The molecule has 8 nitrogen and oxygen atoms in total. The third kappa shape index (κ3) is 4.27. The average molecular weight is 439 g/mol. The Kier molecular flexibility index (Phi) is 6.45. The van der Waals surface area contributed by atoms with Crippen LogP contribution in [-0.2, 0) is 24.2 Å². The summed E-state index contributed by atoms with van der Waals surface area (Å²) in [6.07, 6.45) is 4.18. The van der Waals surface area contributed by atoms with E-state index in [1.54, 1.807) is 12.1 Å². The molecular formula is C21H30N2O6S. The van der Waals surface area contributed by atoms with E-state index in [0.29, 0.717) is 31.8 Å². The summed E-state index contributed by atoms with van der Waals surface area (Å²) in [6, 6.07) is 5.97. The normalized spacial score (nSPS) is 31.0. The molecule has 1 aromatic carbocycles. The van der Waals surface area contributed by atoms with Gasteiger partial charge in [0.25, 0.3) is 5.91 Å². The number of carbonyl (C=O) groups is 1. The average Bonchev–Trinajstić information content (AvgIpc) is 3.45. The molecule has 166 valence electrons.